The van der Waals surface area contributed by atoms with Crippen molar-refractivity contribution in [1.82, 2.24) is 20.0 Å². The molecule has 0 N–H and O–H groups in total. The quantitative estimate of drug-likeness (QED) is 0.199. The van der Waals surface area contributed by atoms with Gasteiger partial charge >= 0.3 is 0 Å². The first kappa shape index (κ1) is 25.8. The lowest BCUT2D eigenvalue weighted by Gasteiger charge is -2.10. The molecule has 7 nitrogen and oxygen atoms in total. The minimum Gasteiger partial charge on any atom is -0.493 e. The van der Waals surface area contributed by atoms with Crippen LogP contribution in [-0.4, -0.2) is 32.9 Å². The third-order valence-electron chi connectivity index (χ3n) is 5.78. The van der Waals surface area contributed by atoms with E-state index in [1.807, 2.05) is 24.3 Å². The molecule has 194 valence electrons. The molecule has 2 heterocycles. The number of pyridine rings is 1. The Labute approximate surface area is 228 Å². The Morgan fingerprint density at radius 3 is 2.54 bits per heavy atom. The molecule has 5 aromatic rings. The third kappa shape index (κ3) is 6.37. The summed E-state index contributed by atoms with van der Waals surface area (Å²) in [7, 11) is 1.54. The van der Waals surface area contributed by atoms with Gasteiger partial charge in [0.25, 0.3) is 0 Å². The fourth-order valence-corrected chi connectivity index (χ4v) is 4.00. The van der Waals surface area contributed by atoms with Crippen LogP contribution in [0.1, 0.15) is 16.8 Å². The molecule has 0 saturated heterocycles. The van der Waals surface area contributed by atoms with Gasteiger partial charge in [-0.15, -0.1) is 5.10 Å². The zero-order valence-electron chi connectivity index (χ0n) is 20.8. The minimum absolute atomic E-state index is 0.174. The first-order valence-corrected chi connectivity index (χ1v) is 12.3. The zero-order chi connectivity index (χ0) is 27.2. The Kier molecular flexibility index (Phi) is 7.75. The summed E-state index contributed by atoms with van der Waals surface area (Å²) in [5, 5.41) is 9.97. The van der Waals surface area contributed by atoms with Crippen LogP contribution in [0.5, 0.6) is 11.5 Å². The van der Waals surface area contributed by atoms with E-state index in [0.717, 1.165) is 27.7 Å². The second kappa shape index (κ2) is 11.7. The smallest absolute Gasteiger partial charge is 0.178 e. The molecule has 0 aliphatic rings. The van der Waals surface area contributed by atoms with Gasteiger partial charge in [0.05, 0.1) is 24.5 Å². The molecule has 0 amide bonds. The van der Waals surface area contributed by atoms with Crippen molar-refractivity contribution < 1.29 is 18.7 Å². The Morgan fingerprint density at radius 1 is 0.974 bits per heavy atom. The molecule has 0 bridgehead atoms. The van der Waals surface area contributed by atoms with Gasteiger partial charge in [-0.25, -0.2) is 9.07 Å². The Morgan fingerprint density at radius 2 is 1.74 bits per heavy atom. The predicted octanol–water partition coefficient (Wildman–Crippen LogP) is 6.49. The summed E-state index contributed by atoms with van der Waals surface area (Å²) >= 11 is 6.09. The molecular weight excluding hydrogens is 519 g/mol. The highest BCUT2D eigenvalue weighted by Crippen LogP contribution is 2.29. The number of halogens is 2. The maximum absolute atomic E-state index is 13.0. The number of ether oxygens (including phenoxy) is 2. The number of hydrogen-bond donors (Lipinski definition) is 0. The predicted molar refractivity (Wildman–Crippen MR) is 148 cm³/mol. The van der Waals surface area contributed by atoms with Gasteiger partial charge in [0.15, 0.2) is 17.3 Å². The summed E-state index contributed by atoms with van der Waals surface area (Å²) in [6.07, 6.45) is 9.67. The van der Waals surface area contributed by atoms with Crippen LogP contribution >= 0.6 is 11.6 Å². The van der Waals surface area contributed by atoms with Gasteiger partial charge in [-0.1, -0.05) is 47.2 Å². The molecule has 0 unspecified atom stereocenters. The highest BCUT2D eigenvalue weighted by molar-refractivity contribution is 6.31. The van der Waals surface area contributed by atoms with Crippen molar-refractivity contribution in [3.63, 3.8) is 0 Å². The van der Waals surface area contributed by atoms with Crippen molar-refractivity contribution in [3.8, 4) is 17.2 Å². The lowest BCUT2D eigenvalue weighted by Crippen LogP contribution is -1.98. The summed E-state index contributed by atoms with van der Waals surface area (Å²) in [6, 6.07) is 18.6. The average Bonchev–Trinajstić information content (AvgIpc) is 3.43. The van der Waals surface area contributed by atoms with Crippen LogP contribution in [0.2, 0.25) is 5.02 Å². The number of nitrogens with zero attached hydrogens (tertiary/aromatic N) is 4. The Balaban J connectivity index is 1.24. The van der Waals surface area contributed by atoms with E-state index in [0.29, 0.717) is 22.2 Å². The fraction of sp³-hybridized carbons (Fsp3) is 0.0667. The van der Waals surface area contributed by atoms with Gasteiger partial charge in [0, 0.05) is 16.6 Å². The summed E-state index contributed by atoms with van der Waals surface area (Å²) in [6.45, 7) is 0.174. The normalized spacial score (nSPS) is 11.5. The second-order valence-electron chi connectivity index (χ2n) is 8.47. The van der Waals surface area contributed by atoms with E-state index in [-0.39, 0.29) is 18.2 Å². The largest absolute Gasteiger partial charge is 0.493 e. The molecule has 0 aliphatic heterocycles. The molecule has 5 rings (SSSR count). The van der Waals surface area contributed by atoms with Crippen LogP contribution < -0.4 is 9.47 Å². The number of ketones is 1. The molecule has 0 saturated carbocycles. The van der Waals surface area contributed by atoms with Gasteiger partial charge in [-0.2, -0.15) is 0 Å². The number of hydrogen-bond acceptors (Lipinski definition) is 6. The summed E-state index contributed by atoms with van der Waals surface area (Å²) in [4.78, 5) is 16.6. The number of rotatable bonds is 9. The van der Waals surface area contributed by atoms with E-state index in [1.165, 1.54) is 24.3 Å². The fourth-order valence-electron chi connectivity index (χ4n) is 3.83. The number of methoxy groups -OCH3 is 1. The van der Waals surface area contributed by atoms with E-state index in [9.17, 15) is 9.18 Å². The van der Waals surface area contributed by atoms with Crippen molar-refractivity contribution in [2.24, 2.45) is 0 Å². The number of benzene rings is 3. The van der Waals surface area contributed by atoms with Gasteiger partial charge in [-0.05, 0) is 71.8 Å². The maximum atomic E-state index is 13.0. The number of aromatic nitrogens is 4. The Hall–Kier alpha value is -4.82. The van der Waals surface area contributed by atoms with Crippen LogP contribution in [0, 0.1) is 5.82 Å². The highest BCUT2D eigenvalue weighted by Gasteiger charge is 2.10. The minimum atomic E-state index is -0.323. The SMILES string of the molecule is COc1cc(/C=C/C(=O)/C=C/c2ccc(F)cc2)ccc1OCc1cn(-c2ccnc3cc(Cl)ccc23)nn1. The van der Waals surface area contributed by atoms with E-state index in [4.69, 9.17) is 21.1 Å². The molecule has 2 aromatic heterocycles. The third-order valence-corrected chi connectivity index (χ3v) is 6.02. The Bertz CT molecular complexity index is 1700. The van der Waals surface area contributed by atoms with Crippen molar-refractivity contribution in [3.05, 3.63) is 119 Å². The summed E-state index contributed by atoms with van der Waals surface area (Å²) in [5.74, 6) is 0.509. The monoisotopic (exact) mass is 540 g/mol. The first-order chi connectivity index (χ1) is 19.0. The number of carbonyl (C=O) groups excluding carboxylic acids is 1. The van der Waals surface area contributed by atoms with Crippen LogP contribution in [0.15, 0.2) is 91.3 Å². The van der Waals surface area contributed by atoms with Crippen LogP contribution in [0.3, 0.4) is 0 Å². The molecule has 0 aliphatic carbocycles. The average molecular weight is 541 g/mol. The molecular formula is C30H22ClFN4O3. The lowest BCUT2D eigenvalue weighted by molar-refractivity contribution is -0.110. The highest BCUT2D eigenvalue weighted by atomic mass is 35.5. The van der Waals surface area contributed by atoms with Crippen LogP contribution in [0.4, 0.5) is 4.39 Å². The van der Waals surface area contributed by atoms with E-state index >= 15 is 0 Å². The number of carbonyl (C=O) groups is 1. The van der Waals surface area contributed by atoms with Gasteiger partial charge < -0.3 is 9.47 Å². The number of allylic oxidation sites excluding steroid dienone is 2. The standard InChI is InChI=1S/C30H22ClFN4O3/c1-38-30-16-21(5-11-25(37)10-4-20-2-8-23(32)9-3-20)6-13-29(30)39-19-24-18-36(35-34-24)28-14-15-33-27-17-22(31)7-12-26(27)28/h2-18H,19H2,1H3/b10-4+,11-5+. The molecule has 3 aromatic carbocycles. The molecule has 0 fully saturated rings. The maximum Gasteiger partial charge on any atom is 0.178 e. The topological polar surface area (TPSA) is 79.1 Å². The molecule has 0 spiro atoms. The second-order valence-corrected chi connectivity index (χ2v) is 8.90. The number of fused-ring (bicyclic) bond motifs is 1. The van der Waals surface area contributed by atoms with Crippen LogP contribution in [0.25, 0.3) is 28.7 Å². The summed E-state index contributed by atoms with van der Waals surface area (Å²) in [5.41, 5.74) is 3.71. The lowest BCUT2D eigenvalue weighted by atomic mass is 10.1. The van der Waals surface area contributed by atoms with E-state index in [1.54, 1.807) is 66.7 Å². The first-order valence-electron chi connectivity index (χ1n) is 11.9. The van der Waals surface area contributed by atoms with E-state index in [2.05, 4.69) is 15.3 Å². The van der Waals surface area contributed by atoms with Crippen molar-refractivity contribution >= 4 is 40.4 Å². The molecule has 0 atom stereocenters. The molecule has 39 heavy (non-hydrogen) atoms. The zero-order valence-corrected chi connectivity index (χ0v) is 21.5. The van der Waals surface area contributed by atoms with Gasteiger partial charge in [0.1, 0.15) is 18.1 Å². The molecule has 9 heteroatoms. The van der Waals surface area contributed by atoms with Crippen LogP contribution in [-0.2, 0) is 11.4 Å². The van der Waals surface area contributed by atoms with Gasteiger partial charge in [0.2, 0.25) is 0 Å². The summed E-state index contributed by atoms with van der Waals surface area (Å²) < 4.78 is 26.1. The van der Waals surface area contributed by atoms with Crippen molar-refractivity contribution in [2.45, 2.75) is 6.61 Å². The van der Waals surface area contributed by atoms with E-state index < -0.39 is 0 Å². The molecule has 0 radical (unpaired) electrons. The van der Waals surface area contributed by atoms with Gasteiger partial charge in [-0.3, -0.25) is 9.78 Å². The van der Waals surface area contributed by atoms with Crippen molar-refractivity contribution in [1.29, 1.82) is 0 Å². The van der Waals surface area contributed by atoms with Crippen molar-refractivity contribution in [2.75, 3.05) is 7.11 Å².